The molecule has 2 nitrogen and oxygen atoms in total. The molecule has 0 aromatic heterocycles. The number of nitrogens with one attached hydrogen (secondary N) is 1. The van der Waals surface area contributed by atoms with Crippen molar-refractivity contribution in [2.24, 2.45) is 17.7 Å². The van der Waals surface area contributed by atoms with E-state index in [9.17, 15) is 0 Å². The highest BCUT2D eigenvalue weighted by Crippen LogP contribution is 2.16. The summed E-state index contributed by atoms with van der Waals surface area (Å²) >= 11 is 2.01. The predicted molar refractivity (Wildman–Crippen MR) is 72.0 cm³/mol. The summed E-state index contributed by atoms with van der Waals surface area (Å²) in [4.78, 5) is 0. The van der Waals surface area contributed by atoms with Gasteiger partial charge in [0.1, 0.15) is 0 Å². The first-order valence-corrected chi connectivity index (χ1v) is 7.29. The third kappa shape index (κ3) is 9.21. The summed E-state index contributed by atoms with van der Waals surface area (Å²) in [5.74, 6) is 9.52. The van der Waals surface area contributed by atoms with Crippen molar-refractivity contribution in [1.29, 1.82) is 0 Å². The monoisotopic (exact) mass is 232 g/mol. The standard InChI is InChI=1S/C12H28N2S/c1-5-6-11(4)7-12(14-13)9-15-8-10(2)3/h10-12,14H,5-9,13H2,1-4H3. The van der Waals surface area contributed by atoms with Crippen LogP contribution in [-0.2, 0) is 0 Å². The second kappa shape index (κ2) is 9.49. The zero-order chi connectivity index (χ0) is 11.7. The molecule has 0 radical (unpaired) electrons. The Bertz CT molecular complexity index is 140. The van der Waals surface area contributed by atoms with Gasteiger partial charge < -0.3 is 0 Å². The number of hydrogen-bond donors (Lipinski definition) is 2. The topological polar surface area (TPSA) is 38.0 Å². The third-order valence-electron chi connectivity index (χ3n) is 2.47. The average Bonchev–Trinajstić information content (AvgIpc) is 2.16. The molecule has 0 spiro atoms. The molecule has 0 aliphatic carbocycles. The minimum atomic E-state index is 0.482. The van der Waals surface area contributed by atoms with Crippen LogP contribution in [0.1, 0.15) is 47.0 Å². The van der Waals surface area contributed by atoms with Crippen LogP contribution in [0.4, 0.5) is 0 Å². The summed E-state index contributed by atoms with van der Waals surface area (Å²) < 4.78 is 0. The Balaban J connectivity index is 3.62. The molecule has 3 heteroatoms. The summed E-state index contributed by atoms with van der Waals surface area (Å²) in [6, 6.07) is 0.482. The normalized spacial score (nSPS) is 15.6. The van der Waals surface area contributed by atoms with E-state index in [1.807, 2.05) is 11.8 Å². The van der Waals surface area contributed by atoms with Crippen LogP contribution in [0, 0.1) is 11.8 Å². The van der Waals surface area contributed by atoms with Gasteiger partial charge in [-0.15, -0.1) is 0 Å². The minimum absolute atomic E-state index is 0.482. The van der Waals surface area contributed by atoms with Crippen LogP contribution in [0.3, 0.4) is 0 Å². The Labute approximate surface area is 99.7 Å². The van der Waals surface area contributed by atoms with Gasteiger partial charge in [0.05, 0.1) is 0 Å². The summed E-state index contributed by atoms with van der Waals surface area (Å²) in [7, 11) is 0. The second-order valence-corrected chi connectivity index (χ2v) is 6.00. The smallest absolute Gasteiger partial charge is 0.0303 e. The molecule has 0 saturated carbocycles. The minimum Gasteiger partial charge on any atom is -0.271 e. The first-order chi connectivity index (χ1) is 7.10. The SMILES string of the molecule is CCCC(C)CC(CSCC(C)C)NN. The largest absolute Gasteiger partial charge is 0.271 e. The zero-order valence-corrected chi connectivity index (χ0v) is 11.6. The lowest BCUT2D eigenvalue weighted by atomic mass is 9.98. The third-order valence-corrected chi connectivity index (χ3v) is 4.01. The van der Waals surface area contributed by atoms with E-state index in [4.69, 9.17) is 5.84 Å². The molecule has 0 saturated heterocycles. The van der Waals surface area contributed by atoms with Crippen molar-refractivity contribution in [3.05, 3.63) is 0 Å². The van der Waals surface area contributed by atoms with Crippen LogP contribution in [-0.4, -0.2) is 17.5 Å². The summed E-state index contributed by atoms with van der Waals surface area (Å²) in [6.45, 7) is 9.09. The van der Waals surface area contributed by atoms with Crippen LogP contribution in [0.25, 0.3) is 0 Å². The molecule has 0 rings (SSSR count). The maximum atomic E-state index is 5.57. The van der Waals surface area contributed by atoms with Crippen molar-refractivity contribution in [2.75, 3.05) is 11.5 Å². The summed E-state index contributed by atoms with van der Waals surface area (Å²) in [5.41, 5.74) is 2.94. The number of hydrazine groups is 1. The van der Waals surface area contributed by atoms with Gasteiger partial charge in [-0.2, -0.15) is 11.8 Å². The number of thioether (sulfide) groups is 1. The fourth-order valence-corrected chi connectivity index (χ4v) is 2.85. The van der Waals surface area contributed by atoms with Crippen molar-refractivity contribution in [2.45, 2.75) is 53.0 Å². The van der Waals surface area contributed by atoms with Crippen LogP contribution in [0.15, 0.2) is 0 Å². The van der Waals surface area contributed by atoms with E-state index >= 15 is 0 Å². The van der Waals surface area contributed by atoms with Gasteiger partial charge in [-0.3, -0.25) is 11.3 Å². The molecule has 0 fully saturated rings. The Hall–Kier alpha value is 0.270. The Morgan fingerprint density at radius 1 is 1.20 bits per heavy atom. The van der Waals surface area contributed by atoms with Crippen molar-refractivity contribution < 1.29 is 0 Å². The van der Waals surface area contributed by atoms with E-state index in [0.717, 1.165) is 17.6 Å². The predicted octanol–water partition coefficient (Wildman–Crippen LogP) is 3.03. The average molecular weight is 232 g/mol. The number of nitrogens with two attached hydrogens (primary N) is 1. The van der Waals surface area contributed by atoms with Crippen molar-refractivity contribution >= 4 is 11.8 Å². The van der Waals surface area contributed by atoms with E-state index in [1.54, 1.807) is 0 Å². The fourth-order valence-electron chi connectivity index (χ4n) is 1.73. The molecule has 0 aliphatic heterocycles. The van der Waals surface area contributed by atoms with Gasteiger partial charge in [0.25, 0.3) is 0 Å². The van der Waals surface area contributed by atoms with Gasteiger partial charge in [-0.05, 0) is 24.0 Å². The van der Waals surface area contributed by atoms with Gasteiger partial charge in [0, 0.05) is 11.8 Å². The highest BCUT2D eigenvalue weighted by Gasteiger charge is 2.11. The van der Waals surface area contributed by atoms with Gasteiger partial charge >= 0.3 is 0 Å². The van der Waals surface area contributed by atoms with Gasteiger partial charge in [0.2, 0.25) is 0 Å². The second-order valence-electron chi connectivity index (χ2n) is 4.92. The Morgan fingerprint density at radius 2 is 1.87 bits per heavy atom. The maximum absolute atomic E-state index is 5.57. The maximum Gasteiger partial charge on any atom is 0.0303 e. The van der Waals surface area contributed by atoms with E-state index in [-0.39, 0.29) is 0 Å². The molecular weight excluding hydrogens is 204 g/mol. The summed E-state index contributed by atoms with van der Waals surface area (Å²) in [5, 5.41) is 0. The Kier molecular flexibility index (Phi) is 9.66. The molecule has 2 unspecified atom stereocenters. The molecule has 92 valence electrons. The lowest BCUT2D eigenvalue weighted by Gasteiger charge is -2.20. The fraction of sp³-hybridized carbons (Fsp3) is 1.00. The number of rotatable bonds is 9. The van der Waals surface area contributed by atoms with E-state index in [2.05, 4.69) is 33.1 Å². The van der Waals surface area contributed by atoms with Gasteiger partial charge in [0.15, 0.2) is 0 Å². The van der Waals surface area contributed by atoms with Crippen LogP contribution in [0.5, 0.6) is 0 Å². The summed E-state index contributed by atoms with van der Waals surface area (Å²) in [6.07, 6.45) is 3.79. The van der Waals surface area contributed by atoms with Crippen molar-refractivity contribution in [3.8, 4) is 0 Å². The van der Waals surface area contributed by atoms with Crippen LogP contribution < -0.4 is 11.3 Å². The van der Waals surface area contributed by atoms with Gasteiger partial charge in [-0.1, -0.05) is 40.5 Å². The molecule has 3 N–H and O–H groups in total. The lowest BCUT2D eigenvalue weighted by Crippen LogP contribution is -2.38. The van der Waals surface area contributed by atoms with E-state index in [1.165, 1.54) is 25.0 Å². The molecule has 0 bridgehead atoms. The van der Waals surface area contributed by atoms with E-state index < -0.39 is 0 Å². The van der Waals surface area contributed by atoms with Crippen molar-refractivity contribution in [1.82, 2.24) is 5.43 Å². The quantitative estimate of drug-likeness (QED) is 0.474. The number of hydrogen-bond acceptors (Lipinski definition) is 3. The lowest BCUT2D eigenvalue weighted by molar-refractivity contribution is 0.408. The van der Waals surface area contributed by atoms with E-state index in [0.29, 0.717) is 6.04 Å². The Morgan fingerprint density at radius 3 is 2.33 bits per heavy atom. The van der Waals surface area contributed by atoms with Crippen LogP contribution >= 0.6 is 11.8 Å². The molecule has 0 aromatic carbocycles. The molecule has 15 heavy (non-hydrogen) atoms. The van der Waals surface area contributed by atoms with Gasteiger partial charge in [-0.25, -0.2) is 0 Å². The molecular formula is C12H28N2S. The molecule has 0 heterocycles. The first-order valence-electron chi connectivity index (χ1n) is 6.14. The highest BCUT2D eigenvalue weighted by molar-refractivity contribution is 7.99. The molecule has 0 amide bonds. The molecule has 0 aliphatic rings. The van der Waals surface area contributed by atoms with Crippen molar-refractivity contribution in [3.63, 3.8) is 0 Å². The molecule has 0 aromatic rings. The van der Waals surface area contributed by atoms with Crippen LogP contribution in [0.2, 0.25) is 0 Å². The zero-order valence-electron chi connectivity index (χ0n) is 10.8. The first kappa shape index (κ1) is 15.3. The molecule has 2 atom stereocenters. The highest BCUT2D eigenvalue weighted by atomic mass is 32.2.